The Morgan fingerprint density at radius 2 is 1.33 bits per heavy atom. The Balaban J connectivity index is 4.16. The molecule has 6 heavy (non-hydrogen) atoms. The topological polar surface area (TPSA) is 17.1 Å². The lowest BCUT2D eigenvalue weighted by atomic mass is 11.9. The van der Waals surface area contributed by atoms with Gasteiger partial charge in [-0.1, -0.05) is 7.50 Å². The highest BCUT2D eigenvalue weighted by Crippen LogP contribution is 2.19. The number of rotatable bonds is 0. The van der Waals surface area contributed by atoms with Crippen LogP contribution in [0.15, 0.2) is 0 Å². The summed E-state index contributed by atoms with van der Waals surface area (Å²) in [6.07, 6.45) is 5.03. The smallest absolute Gasteiger partial charge is 0.000552 e. The molecule has 0 N–H and O–H groups in total. The predicted octanol–water partition coefficient (Wildman–Crippen LogP) is 1.01. The van der Waals surface area contributed by atoms with E-state index in [1.807, 2.05) is 0 Å². The van der Waals surface area contributed by atoms with E-state index in [1.165, 1.54) is 0 Å². The number of hydrogen-bond acceptors (Lipinski definition) is 1. The van der Waals surface area contributed by atoms with E-state index >= 15 is 0 Å². The molecule has 0 saturated carbocycles. The first-order chi connectivity index (χ1) is 2.24. The standard InChI is InChI=1S/C3H9BrOS/c1-6(2,3,4)5/h1-3H3. The van der Waals surface area contributed by atoms with E-state index in [-0.39, 0.29) is 0 Å². The summed E-state index contributed by atoms with van der Waals surface area (Å²) in [5.41, 5.74) is 0. The average molecular weight is 173 g/mol. The summed E-state index contributed by atoms with van der Waals surface area (Å²) in [6.45, 7) is 0. The van der Waals surface area contributed by atoms with Crippen molar-refractivity contribution in [3.05, 3.63) is 0 Å². The quantitative estimate of drug-likeness (QED) is 0.499. The third-order valence-corrected chi connectivity index (χ3v) is 0. The highest BCUT2D eigenvalue weighted by molar-refractivity contribution is 9.53. The largest absolute Gasteiger partial charge is 0.273 e. The molecule has 0 atom stereocenters. The van der Waals surface area contributed by atoms with Gasteiger partial charge in [0.25, 0.3) is 0 Å². The minimum Gasteiger partial charge on any atom is -0.273 e. The maximum Gasteiger partial charge on any atom is 0.000552 e. The molecule has 0 aliphatic carbocycles. The molecule has 0 aliphatic heterocycles. The van der Waals surface area contributed by atoms with Gasteiger partial charge in [0.2, 0.25) is 0 Å². The van der Waals surface area contributed by atoms with E-state index < -0.39 is 7.50 Å². The molecule has 0 fully saturated rings. The van der Waals surface area contributed by atoms with Crippen LogP contribution in [0.25, 0.3) is 0 Å². The molecular weight excluding hydrogens is 164 g/mol. The van der Waals surface area contributed by atoms with Crippen molar-refractivity contribution in [3.63, 3.8) is 0 Å². The van der Waals surface area contributed by atoms with E-state index in [4.69, 9.17) is 0 Å². The minimum absolute atomic E-state index is 1.68. The summed E-state index contributed by atoms with van der Waals surface area (Å²) in [5.74, 6) is 0. The van der Waals surface area contributed by atoms with Gasteiger partial charge in [0.15, 0.2) is 0 Å². The SMILES string of the molecule is CS(C)(C)(=O)Br. The molecule has 0 aromatic rings. The normalized spacial score (nSPS) is 19.0. The Labute approximate surface area is 45.7 Å². The molecule has 40 valence electrons. The maximum atomic E-state index is 10.7. The van der Waals surface area contributed by atoms with Crippen LogP contribution in [0.1, 0.15) is 0 Å². The van der Waals surface area contributed by atoms with E-state index in [0.717, 1.165) is 0 Å². The second-order valence-electron chi connectivity index (χ2n) is 2.25. The molecule has 0 spiro atoms. The van der Waals surface area contributed by atoms with Gasteiger partial charge in [0.1, 0.15) is 0 Å². The minimum atomic E-state index is -2.29. The average Bonchev–Trinajstić information content (AvgIpc) is 0.650. The number of hydrogen-bond donors (Lipinski definition) is 0. The zero-order chi connectivity index (χ0) is 5.45. The second-order valence-corrected chi connectivity index (χ2v) is 13.4. The van der Waals surface area contributed by atoms with Crippen LogP contribution >= 0.6 is 14.8 Å². The molecule has 0 aromatic heterocycles. The van der Waals surface area contributed by atoms with E-state index in [2.05, 4.69) is 14.8 Å². The third kappa shape index (κ3) is 154. The fourth-order valence-electron chi connectivity index (χ4n) is 0. The van der Waals surface area contributed by atoms with Gasteiger partial charge in [-0.25, -0.2) is 0 Å². The Bertz CT molecular complexity index is 88.5. The zero-order valence-electron chi connectivity index (χ0n) is 4.19. The molecule has 0 radical (unpaired) electrons. The van der Waals surface area contributed by atoms with Gasteiger partial charge in [-0.05, 0) is 14.8 Å². The van der Waals surface area contributed by atoms with Crippen LogP contribution in [0.2, 0.25) is 0 Å². The van der Waals surface area contributed by atoms with Crippen molar-refractivity contribution in [2.45, 2.75) is 0 Å². The molecular formula is C3H9BrOS. The van der Waals surface area contributed by atoms with Crippen LogP contribution in [-0.4, -0.2) is 23.0 Å². The van der Waals surface area contributed by atoms with Crippen molar-refractivity contribution in [1.82, 2.24) is 0 Å². The van der Waals surface area contributed by atoms with Gasteiger partial charge in [0.05, 0.1) is 0 Å². The van der Waals surface area contributed by atoms with Crippen molar-refractivity contribution in [2.75, 3.05) is 18.8 Å². The van der Waals surface area contributed by atoms with Gasteiger partial charge < -0.3 is 0 Å². The van der Waals surface area contributed by atoms with E-state index in [0.29, 0.717) is 0 Å². The molecule has 0 unspecified atom stereocenters. The Hall–Kier alpha value is 0.630. The highest BCUT2D eigenvalue weighted by atomic mass is 79.9. The van der Waals surface area contributed by atoms with Gasteiger partial charge in [-0.3, -0.25) is 4.21 Å². The van der Waals surface area contributed by atoms with Crippen LogP contribution < -0.4 is 0 Å². The molecule has 0 bridgehead atoms. The maximum absolute atomic E-state index is 10.7. The molecule has 0 saturated heterocycles. The van der Waals surface area contributed by atoms with Crippen molar-refractivity contribution in [3.8, 4) is 0 Å². The highest BCUT2D eigenvalue weighted by Gasteiger charge is 2.08. The molecule has 0 rings (SSSR count). The van der Waals surface area contributed by atoms with Crippen LogP contribution in [-0.2, 0) is 7.50 Å². The predicted molar refractivity (Wildman–Crippen MR) is 34.8 cm³/mol. The van der Waals surface area contributed by atoms with Gasteiger partial charge >= 0.3 is 0 Å². The van der Waals surface area contributed by atoms with Crippen molar-refractivity contribution in [1.29, 1.82) is 0 Å². The van der Waals surface area contributed by atoms with Gasteiger partial charge in [-0.2, -0.15) is 0 Å². The first kappa shape index (κ1) is 6.63. The lowest BCUT2D eigenvalue weighted by Gasteiger charge is -2.16. The Kier molecular flexibility index (Phi) is 1.18. The fourth-order valence-corrected chi connectivity index (χ4v) is 0. The summed E-state index contributed by atoms with van der Waals surface area (Å²) in [6, 6.07) is 0. The summed E-state index contributed by atoms with van der Waals surface area (Å²) in [5, 5.41) is 0. The number of halogens is 1. The van der Waals surface area contributed by atoms with E-state index in [1.54, 1.807) is 18.8 Å². The molecule has 0 aromatic carbocycles. The summed E-state index contributed by atoms with van der Waals surface area (Å²) >= 11 is 3.03. The van der Waals surface area contributed by atoms with Crippen LogP contribution in [0.3, 0.4) is 0 Å². The summed E-state index contributed by atoms with van der Waals surface area (Å²) in [4.78, 5) is 0. The lowest BCUT2D eigenvalue weighted by Crippen LogP contribution is -2.15. The van der Waals surface area contributed by atoms with Crippen LogP contribution in [0.4, 0.5) is 0 Å². The summed E-state index contributed by atoms with van der Waals surface area (Å²) < 4.78 is 10.7. The second kappa shape index (κ2) is 1.07. The third-order valence-electron chi connectivity index (χ3n) is 0. The van der Waals surface area contributed by atoms with Crippen molar-refractivity contribution >= 4 is 22.3 Å². The lowest BCUT2D eigenvalue weighted by molar-refractivity contribution is 0.680. The van der Waals surface area contributed by atoms with Crippen LogP contribution in [0.5, 0.6) is 0 Å². The Morgan fingerprint density at radius 1 is 1.33 bits per heavy atom. The van der Waals surface area contributed by atoms with Gasteiger partial charge in [0, 0.05) is 18.8 Å². The van der Waals surface area contributed by atoms with Crippen molar-refractivity contribution < 1.29 is 4.21 Å². The Morgan fingerprint density at radius 3 is 1.33 bits per heavy atom. The fraction of sp³-hybridized carbons (Fsp3) is 1.00. The van der Waals surface area contributed by atoms with E-state index in [9.17, 15) is 4.21 Å². The summed E-state index contributed by atoms with van der Waals surface area (Å²) in [7, 11) is -2.29. The first-order valence-corrected chi connectivity index (χ1v) is 6.58. The monoisotopic (exact) mass is 172 g/mol. The van der Waals surface area contributed by atoms with Crippen molar-refractivity contribution in [2.24, 2.45) is 0 Å². The molecule has 1 nitrogen and oxygen atoms in total. The molecule has 0 amide bonds. The van der Waals surface area contributed by atoms with Crippen LogP contribution in [0, 0.1) is 0 Å². The molecule has 0 aliphatic rings. The first-order valence-electron chi connectivity index (χ1n) is 1.55. The molecule has 0 heterocycles. The molecule has 3 heteroatoms. The zero-order valence-corrected chi connectivity index (χ0v) is 6.60. The van der Waals surface area contributed by atoms with Gasteiger partial charge in [-0.15, -0.1) is 0 Å².